The highest BCUT2D eigenvalue weighted by molar-refractivity contribution is 5.82. The Balaban J connectivity index is 1.77. The van der Waals surface area contributed by atoms with Crippen molar-refractivity contribution >= 4 is 18.2 Å². The molecule has 2 N–H and O–H groups in total. The Labute approximate surface area is 192 Å². The Morgan fingerprint density at radius 3 is 1.79 bits per heavy atom. The molecule has 33 heavy (non-hydrogen) atoms. The van der Waals surface area contributed by atoms with E-state index in [2.05, 4.69) is 10.6 Å². The lowest BCUT2D eigenvalue weighted by Crippen LogP contribution is -2.43. The van der Waals surface area contributed by atoms with E-state index in [-0.39, 0.29) is 12.2 Å². The Morgan fingerprint density at radius 1 is 0.758 bits per heavy atom. The van der Waals surface area contributed by atoms with Gasteiger partial charge in [-0.2, -0.15) is 0 Å². The molecule has 10 heteroatoms. The molecule has 0 aliphatic heterocycles. The van der Waals surface area contributed by atoms with Gasteiger partial charge in [0.15, 0.2) is 23.0 Å². The van der Waals surface area contributed by atoms with Crippen LogP contribution in [-0.4, -0.2) is 52.1 Å². The molecule has 2 amide bonds. The van der Waals surface area contributed by atoms with Gasteiger partial charge in [0.1, 0.15) is 6.04 Å². The number of amides is 2. The summed E-state index contributed by atoms with van der Waals surface area (Å²) in [5.74, 6) is 0.753. The summed E-state index contributed by atoms with van der Waals surface area (Å²) in [4.78, 5) is 36.2. The number of benzene rings is 2. The zero-order chi connectivity index (χ0) is 24.1. The average Bonchev–Trinajstić information content (AvgIpc) is 2.83. The second kappa shape index (κ2) is 13.5. The summed E-state index contributed by atoms with van der Waals surface area (Å²) in [5, 5.41) is 5.12. The van der Waals surface area contributed by atoms with Crippen LogP contribution in [0.3, 0.4) is 0 Å². The molecule has 0 bridgehead atoms. The molecule has 0 aliphatic carbocycles. The fourth-order valence-corrected chi connectivity index (χ4v) is 2.87. The molecule has 0 aromatic heterocycles. The minimum absolute atomic E-state index is 0.221. The van der Waals surface area contributed by atoms with Crippen LogP contribution in [-0.2, 0) is 9.53 Å². The van der Waals surface area contributed by atoms with Gasteiger partial charge in [-0.15, -0.1) is 0 Å². The zero-order valence-electron chi connectivity index (χ0n) is 18.8. The highest BCUT2D eigenvalue weighted by Crippen LogP contribution is 2.26. The molecule has 0 aliphatic rings. The summed E-state index contributed by atoms with van der Waals surface area (Å²) >= 11 is 0. The molecule has 0 fully saturated rings. The number of hydrogen-bond donors (Lipinski definition) is 2. The quantitative estimate of drug-likeness (QED) is 0.387. The van der Waals surface area contributed by atoms with E-state index in [4.69, 9.17) is 23.7 Å². The van der Waals surface area contributed by atoms with E-state index in [1.54, 1.807) is 48.5 Å². The lowest BCUT2D eigenvalue weighted by Gasteiger charge is -2.17. The summed E-state index contributed by atoms with van der Waals surface area (Å²) in [6, 6.07) is 12.5. The van der Waals surface area contributed by atoms with Gasteiger partial charge in [0.25, 0.3) is 0 Å². The molecule has 178 valence electrons. The predicted molar refractivity (Wildman–Crippen MR) is 119 cm³/mol. The van der Waals surface area contributed by atoms with Gasteiger partial charge in [0.05, 0.1) is 21.3 Å². The molecule has 0 radical (unpaired) electrons. The van der Waals surface area contributed by atoms with Crippen molar-refractivity contribution in [3.8, 4) is 23.0 Å². The van der Waals surface area contributed by atoms with Crippen molar-refractivity contribution in [2.24, 2.45) is 0 Å². The number of ether oxygens (including phenoxy) is 5. The third-order valence-electron chi connectivity index (χ3n) is 4.51. The third-order valence-corrected chi connectivity index (χ3v) is 4.51. The van der Waals surface area contributed by atoms with E-state index >= 15 is 0 Å². The molecule has 0 saturated heterocycles. The minimum Gasteiger partial charge on any atom is -0.493 e. The van der Waals surface area contributed by atoms with E-state index in [1.165, 1.54) is 21.3 Å². The highest BCUT2D eigenvalue weighted by Gasteiger charge is 2.22. The van der Waals surface area contributed by atoms with Crippen LogP contribution in [0.25, 0.3) is 0 Å². The minimum atomic E-state index is -0.905. The largest absolute Gasteiger partial charge is 0.493 e. The standard InChI is InChI=1S/C23H28N2O8/c1-29-17-11-4-6-13-19(17)32-22(27)24-15-9-8-10-16(21(26)31-3)25-23(28)33-20-14-7-5-12-18(20)30-2/h4-7,11-14,16H,8-10,15H2,1-3H3,(H,24,27)(H,25,28). The maximum Gasteiger partial charge on any atom is 0.413 e. The van der Waals surface area contributed by atoms with Crippen LogP contribution in [0.1, 0.15) is 19.3 Å². The van der Waals surface area contributed by atoms with Crippen LogP contribution < -0.4 is 29.6 Å². The topological polar surface area (TPSA) is 121 Å². The first-order valence-corrected chi connectivity index (χ1v) is 10.3. The van der Waals surface area contributed by atoms with Crippen molar-refractivity contribution < 1.29 is 38.1 Å². The van der Waals surface area contributed by atoms with Crippen LogP contribution >= 0.6 is 0 Å². The van der Waals surface area contributed by atoms with E-state index in [9.17, 15) is 14.4 Å². The third kappa shape index (κ3) is 8.24. The van der Waals surface area contributed by atoms with Crippen molar-refractivity contribution in [3.05, 3.63) is 48.5 Å². The van der Waals surface area contributed by atoms with Crippen LogP contribution in [0, 0.1) is 0 Å². The van der Waals surface area contributed by atoms with E-state index in [0.29, 0.717) is 36.6 Å². The number of carbonyl (C=O) groups excluding carboxylic acids is 3. The first kappa shape index (κ1) is 25.3. The van der Waals surface area contributed by atoms with E-state index in [0.717, 1.165) is 0 Å². The first-order chi connectivity index (χ1) is 16.0. The van der Waals surface area contributed by atoms with Crippen LogP contribution in [0.4, 0.5) is 9.59 Å². The number of unbranched alkanes of at least 4 members (excludes halogenated alkanes) is 1. The summed E-state index contributed by atoms with van der Waals surface area (Å²) in [6.07, 6.45) is -0.0887. The van der Waals surface area contributed by atoms with Gasteiger partial charge < -0.3 is 34.3 Å². The second-order valence-electron chi connectivity index (χ2n) is 6.72. The molecule has 2 aromatic carbocycles. The van der Waals surface area contributed by atoms with Gasteiger partial charge in [-0.05, 0) is 43.5 Å². The molecule has 2 rings (SSSR count). The maximum absolute atomic E-state index is 12.2. The van der Waals surface area contributed by atoms with Crippen LogP contribution in [0.2, 0.25) is 0 Å². The van der Waals surface area contributed by atoms with Crippen molar-refractivity contribution in [1.29, 1.82) is 0 Å². The molecule has 2 aromatic rings. The van der Waals surface area contributed by atoms with Gasteiger partial charge in [-0.3, -0.25) is 0 Å². The number of carbonyl (C=O) groups is 3. The van der Waals surface area contributed by atoms with Crippen molar-refractivity contribution in [2.75, 3.05) is 27.9 Å². The van der Waals surface area contributed by atoms with Crippen molar-refractivity contribution in [2.45, 2.75) is 25.3 Å². The molecule has 0 saturated carbocycles. The lowest BCUT2D eigenvalue weighted by atomic mass is 10.1. The normalized spacial score (nSPS) is 11.0. The summed E-state index contributed by atoms with van der Waals surface area (Å²) in [6.45, 7) is 0.313. The smallest absolute Gasteiger partial charge is 0.413 e. The molecule has 1 atom stereocenters. The van der Waals surface area contributed by atoms with Crippen LogP contribution in [0.5, 0.6) is 23.0 Å². The van der Waals surface area contributed by atoms with Crippen LogP contribution in [0.15, 0.2) is 48.5 Å². The number of rotatable bonds is 11. The molecule has 10 nitrogen and oxygen atoms in total. The Bertz CT molecular complexity index is 934. The van der Waals surface area contributed by atoms with E-state index in [1.807, 2.05) is 0 Å². The predicted octanol–water partition coefficient (Wildman–Crippen LogP) is 3.29. The van der Waals surface area contributed by atoms with E-state index < -0.39 is 24.2 Å². The Kier molecular flexibility index (Phi) is 10.3. The van der Waals surface area contributed by atoms with Gasteiger partial charge in [0.2, 0.25) is 0 Å². The second-order valence-corrected chi connectivity index (χ2v) is 6.72. The number of nitrogens with one attached hydrogen (secondary N) is 2. The fraction of sp³-hybridized carbons (Fsp3) is 0.348. The van der Waals surface area contributed by atoms with Gasteiger partial charge in [-0.25, -0.2) is 14.4 Å². The zero-order valence-corrected chi connectivity index (χ0v) is 18.8. The molecular weight excluding hydrogens is 432 g/mol. The van der Waals surface area contributed by atoms with Crippen molar-refractivity contribution in [1.82, 2.24) is 10.6 Å². The van der Waals surface area contributed by atoms with Gasteiger partial charge in [-0.1, -0.05) is 24.3 Å². The monoisotopic (exact) mass is 460 g/mol. The summed E-state index contributed by atoms with van der Waals surface area (Å²) in [7, 11) is 4.17. The molecule has 1 unspecified atom stereocenters. The first-order valence-electron chi connectivity index (χ1n) is 10.3. The number of hydrogen-bond acceptors (Lipinski definition) is 8. The van der Waals surface area contributed by atoms with Gasteiger partial charge >= 0.3 is 18.2 Å². The molecule has 0 spiro atoms. The fourth-order valence-electron chi connectivity index (χ4n) is 2.87. The molecular formula is C23H28N2O8. The van der Waals surface area contributed by atoms with Gasteiger partial charge in [0, 0.05) is 6.54 Å². The molecule has 0 heterocycles. The summed E-state index contributed by atoms with van der Waals surface area (Å²) < 4.78 is 25.5. The Morgan fingerprint density at radius 2 is 1.27 bits per heavy atom. The number of methoxy groups -OCH3 is 3. The SMILES string of the molecule is COC(=O)C(CCCCNC(=O)Oc1ccccc1OC)NC(=O)Oc1ccccc1OC. The van der Waals surface area contributed by atoms with Crippen molar-refractivity contribution in [3.63, 3.8) is 0 Å². The average molecular weight is 460 g/mol. The summed E-state index contributed by atoms with van der Waals surface area (Å²) in [5.41, 5.74) is 0. The number of esters is 1. The Hall–Kier alpha value is -3.95. The lowest BCUT2D eigenvalue weighted by molar-refractivity contribution is -0.143. The maximum atomic E-state index is 12.2. The highest BCUT2D eigenvalue weighted by atomic mass is 16.6. The number of para-hydroxylation sites is 4.